The first-order valence-corrected chi connectivity index (χ1v) is 10.6. The molecule has 1 aromatic heterocycles. The summed E-state index contributed by atoms with van der Waals surface area (Å²) in [4.78, 5) is 15.8. The van der Waals surface area contributed by atoms with Crippen molar-refractivity contribution in [1.29, 1.82) is 0 Å². The second kappa shape index (κ2) is 8.89. The van der Waals surface area contributed by atoms with Crippen molar-refractivity contribution in [3.05, 3.63) is 72.3 Å². The summed E-state index contributed by atoms with van der Waals surface area (Å²) in [6.07, 6.45) is 3.82. The molecule has 0 amide bonds. The number of aromatic hydroxyl groups is 1. The Morgan fingerprint density at radius 1 is 0.844 bits per heavy atom. The Bertz CT molecular complexity index is 1250. The van der Waals surface area contributed by atoms with Crippen molar-refractivity contribution in [3.63, 3.8) is 0 Å². The molecule has 0 aliphatic carbocycles. The van der Waals surface area contributed by atoms with Gasteiger partial charge in [-0.05, 0) is 41.8 Å². The lowest BCUT2D eigenvalue weighted by Crippen LogP contribution is -2.21. The number of rotatable bonds is 6. The van der Waals surface area contributed by atoms with E-state index in [9.17, 15) is 5.11 Å². The summed E-state index contributed by atoms with van der Waals surface area (Å²) < 4.78 is 0. The summed E-state index contributed by atoms with van der Waals surface area (Å²) in [5.74, 6) is 1.55. The number of anilines is 4. The van der Waals surface area contributed by atoms with Gasteiger partial charge in [0, 0.05) is 24.3 Å². The Morgan fingerprint density at radius 2 is 1.59 bits per heavy atom. The van der Waals surface area contributed by atoms with Crippen LogP contribution in [0.2, 0.25) is 0 Å². The summed E-state index contributed by atoms with van der Waals surface area (Å²) in [7, 11) is 0. The Balaban J connectivity index is 1.43. The molecule has 0 saturated carbocycles. The van der Waals surface area contributed by atoms with E-state index in [1.165, 1.54) is 0 Å². The molecular weight excluding hydrogens is 402 g/mol. The van der Waals surface area contributed by atoms with Gasteiger partial charge >= 0.3 is 0 Å². The highest BCUT2D eigenvalue weighted by atomic mass is 16.3. The molecule has 1 aliphatic rings. The maximum Gasteiger partial charge on any atom is 0.250 e. The van der Waals surface area contributed by atoms with E-state index in [1.807, 2.05) is 60.7 Å². The van der Waals surface area contributed by atoms with Gasteiger partial charge in [0.05, 0.1) is 6.21 Å². The lowest BCUT2D eigenvalue weighted by atomic mass is 10.0. The van der Waals surface area contributed by atoms with Crippen molar-refractivity contribution in [2.75, 3.05) is 28.7 Å². The Hall–Kier alpha value is -4.20. The molecule has 0 bridgehead atoms. The molecule has 1 saturated heterocycles. The Labute approximate surface area is 185 Å². The second-order valence-electron chi connectivity index (χ2n) is 7.56. The minimum atomic E-state index is 0.161. The number of nitrogens with zero attached hydrogens (tertiary/aromatic N) is 5. The fourth-order valence-corrected chi connectivity index (χ4v) is 3.75. The summed E-state index contributed by atoms with van der Waals surface area (Å²) in [6.45, 7) is 1.84. The first kappa shape index (κ1) is 19.7. The predicted octanol–water partition coefficient (Wildman–Crippen LogP) is 4.52. The van der Waals surface area contributed by atoms with Gasteiger partial charge in [-0.25, -0.2) is 5.43 Å². The van der Waals surface area contributed by atoms with E-state index in [0.29, 0.717) is 23.4 Å². The van der Waals surface area contributed by atoms with E-state index in [4.69, 9.17) is 0 Å². The minimum absolute atomic E-state index is 0.161. The first-order chi connectivity index (χ1) is 15.8. The van der Waals surface area contributed by atoms with Gasteiger partial charge in [-0.1, -0.05) is 48.5 Å². The van der Waals surface area contributed by atoms with E-state index >= 15 is 0 Å². The molecule has 4 aromatic rings. The normalized spacial score (nSPS) is 13.7. The van der Waals surface area contributed by atoms with Crippen molar-refractivity contribution in [2.45, 2.75) is 12.8 Å². The van der Waals surface area contributed by atoms with Gasteiger partial charge < -0.3 is 15.3 Å². The van der Waals surface area contributed by atoms with Crippen LogP contribution in [0.4, 0.5) is 23.5 Å². The lowest BCUT2D eigenvalue weighted by Gasteiger charge is -2.16. The van der Waals surface area contributed by atoms with E-state index in [0.717, 1.165) is 42.4 Å². The van der Waals surface area contributed by atoms with Crippen molar-refractivity contribution >= 4 is 40.5 Å². The van der Waals surface area contributed by atoms with Gasteiger partial charge in [-0.2, -0.15) is 20.1 Å². The quantitative estimate of drug-likeness (QED) is 0.309. The lowest BCUT2D eigenvalue weighted by molar-refractivity contribution is 0.475. The molecule has 0 atom stereocenters. The van der Waals surface area contributed by atoms with Crippen LogP contribution in [0.1, 0.15) is 18.4 Å². The zero-order valence-electron chi connectivity index (χ0n) is 17.4. The summed E-state index contributed by atoms with van der Waals surface area (Å²) in [5.41, 5.74) is 4.43. The third kappa shape index (κ3) is 4.29. The Kier molecular flexibility index (Phi) is 5.48. The number of hydrogen-bond acceptors (Lipinski definition) is 8. The third-order valence-corrected chi connectivity index (χ3v) is 5.35. The van der Waals surface area contributed by atoms with Crippen LogP contribution in [0.25, 0.3) is 10.8 Å². The van der Waals surface area contributed by atoms with Gasteiger partial charge in [-0.15, -0.1) is 0 Å². The molecule has 8 heteroatoms. The molecule has 1 fully saturated rings. The number of hydrogen-bond donors (Lipinski definition) is 3. The first-order valence-electron chi connectivity index (χ1n) is 10.6. The number of phenolic OH excluding ortho intramolecular Hbond substituents is 1. The number of aromatic nitrogens is 3. The second-order valence-corrected chi connectivity index (χ2v) is 7.56. The average molecular weight is 425 g/mol. The molecule has 32 heavy (non-hydrogen) atoms. The molecule has 2 heterocycles. The van der Waals surface area contributed by atoms with Crippen LogP contribution in [-0.2, 0) is 0 Å². The molecule has 3 aromatic carbocycles. The number of fused-ring (bicyclic) bond motifs is 1. The maximum atomic E-state index is 10.3. The smallest absolute Gasteiger partial charge is 0.250 e. The molecule has 0 radical (unpaired) electrons. The number of phenols is 1. The minimum Gasteiger partial charge on any atom is -0.507 e. The van der Waals surface area contributed by atoms with Crippen molar-refractivity contribution in [1.82, 2.24) is 15.0 Å². The zero-order valence-corrected chi connectivity index (χ0v) is 17.4. The number of hydrazone groups is 1. The van der Waals surface area contributed by atoms with Crippen LogP contribution in [0.5, 0.6) is 5.75 Å². The number of benzene rings is 3. The van der Waals surface area contributed by atoms with Crippen LogP contribution in [0, 0.1) is 0 Å². The molecule has 160 valence electrons. The van der Waals surface area contributed by atoms with Crippen molar-refractivity contribution < 1.29 is 5.11 Å². The SMILES string of the molecule is Oc1ccc2ccccc2c1/C=N/Nc1nc(Nc2ccccc2)nc(N2CCCC2)n1. The highest BCUT2D eigenvalue weighted by Crippen LogP contribution is 2.26. The monoisotopic (exact) mass is 425 g/mol. The van der Waals surface area contributed by atoms with Gasteiger partial charge in [0.15, 0.2) is 0 Å². The molecule has 5 rings (SSSR count). The highest BCUT2D eigenvalue weighted by molar-refractivity contribution is 6.02. The average Bonchev–Trinajstić information content (AvgIpc) is 3.36. The Morgan fingerprint density at radius 3 is 2.44 bits per heavy atom. The van der Waals surface area contributed by atoms with Crippen LogP contribution in [0.3, 0.4) is 0 Å². The maximum absolute atomic E-state index is 10.3. The van der Waals surface area contributed by atoms with Crippen molar-refractivity contribution in [2.24, 2.45) is 5.10 Å². The fourth-order valence-electron chi connectivity index (χ4n) is 3.75. The van der Waals surface area contributed by atoms with Gasteiger partial charge in [0.1, 0.15) is 5.75 Å². The number of nitrogens with one attached hydrogen (secondary N) is 2. The molecule has 0 unspecified atom stereocenters. The van der Waals surface area contributed by atoms with Crippen LogP contribution in [-0.4, -0.2) is 39.4 Å². The van der Waals surface area contributed by atoms with Gasteiger partial charge in [-0.3, -0.25) is 0 Å². The van der Waals surface area contributed by atoms with Crippen molar-refractivity contribution in [3.8, 4) is 5.75 Å². The third-order valence-electron chi connectivity index (χ3n) is 5.35. The topological polar surface area (TPSA) is 98.6 Å². The van der Waals surface area contributed by atoms with E-state index in [-0.39, 0.29) is 5.75 Å². The highest BCUT2D eigenvalue weighted by Gasteiger charge is 2.17. The summed E-state index contributed by atoms with van der Waals surface area (Å²) in [5, 5.41) is 19.8. The van der Waals surface area contributed by atoms with Crippen LogP contribution in [0.15, 0.2) is 71.8 Å². The van der Waals surface area contributed by atoms with Gasteiger partial charge in [0.2, 0.25) is 17.8 Å². The molecule has 8 nitrogen and oxygen atoms in total. The van der Waals surface area contributed by atoms with Crippen LogP contribution < -0.4 is 15.6 Å². The van der Waals surface area contributed by atoms with E-state index < -0.39 is 0 Å². The molecule has 1 aliphatic heterocycles. The van der Waals surface area contributed by atoms with Gasteiger partial charge in [0.25, 0.3) is 0 Å². The zero-order chi connectivity index (χ0) is 21.8. The predicted molar refractivity (Wildman–Crippen MR) is 128 cm³/mol. The fraction of sp³-hybridized carbons (Fsp3) is 0.167. The molecule has 0 spiro atoms. The van der Waals surface area contributed by atoms with Crippen LogP contribution >= 0.6 is 0 Å². The number of para-hydroxylation sites is 1. The molecule has 3 N–H and O–H groups in total. The standard InChI is InChI=1S/C24H23N7O/c32-21-13-12-17-8-4-5-11-19(17)20(21)16-25-30-23-27-22(26-18-9-2-1-3-10-18)28-24(29-23)31-14-6-7-15-31/h1-5,8-13,16,32H,6-7,14-15H2,(H2,26,27,28,29,30)/b25-16+. The summed E-state index contributed by atoms with van der Waals surface area (Å²) >= 11 is 0. The van der Waals surface area contributed by atoms with E-state index in [1.54, 1.807) is 12.3 Å². The summed E-state index contributed by atoms with van der Waals surface area (Å²) in [6, 6.07) is 21.1. The largest absolute Gasteiger partial charge is 0.507 e. The van der Waals surface area contributed by atoms with E-state index in [2.05, 4.69) is 35.7 Å². The molecular formula is C24H23N7O.